The highest BCUT2D eigenvalue weighted by molar-refractivity contribution is 7.80. The Morgan fingerprint density at radius 3 is 2.57 bits per heavy atom. The molecule has 2 rings (SSSR count). The number of benzene rings is 1. The van der Waals surface area contributed by atoms with Crippen LogP contribution in [0.2, 0.25) is 0 Å². The van der Waals surface area contributed by atoms with E-state index in [0.29, 0.717) is 18.9 Å². The van der Waals surface area contributed by atoms with Crippen molar-refractivity contribution in [3.63, 3.8) is 0 Å². The van der Waals surface area contributed by atoms with Crippen molar-refractivity contribution in [1.82, 2.24) is 4.98 Å². The van der Waals surface area contributed by atoms with Crippen molar-refractivity contribution in [2.24, 2.45) is 5.73 Å². The molecule has 0 aliphatic rings. The highest BCUT2D eigenvalue weighted by atomic mass is 32.1. The fraction of sp³-hybridized carbons (Fsp3) is 0.250. The van der Waals surface area contributed by atoms with Gasteiger partial charge in [0.15, 0.2) is 11.5 Å². The van der Waals surface area contributed by atoms with E-state index in [9.17, 15) is 0 Å². The summed E-state index contributed by atoms with van der Waals surface area (Å²) in [5.74, 6) is 1.47. The first-order valence-corrected chi connectivity index (χ1v) is 7.21. The molecule has 21 heavy (non-hydrogen) atoms. The molecule has 0 spiro atoms. The summed E-state index contributed by atoms with van der Waals surface area (Å²) in [7, 11) is 0. The molecule has 0 saturated carbocycles. The van der Waals surface area contributed by atoms with Crippen molar-refractivity contribution >= 4 is 17.2 Å². The molecule has 110 valence electrons. The molecule has 0 amide bonds. The van der Waals surface area contributed by atoms with Gasteiger partial charge in [0.05, 0.1) is 12.3 Å². The maximum atomic E-state index is 5.82. The van der Waals surface area contributed by atoms with Crippen LogP contribution in [-0.2, 0) is 6.61 Å². The maximum Gasteiger partial charge on any atom is 0.161 e. The molecule has 1 aromatic carbocycles. The van der Waals surface area contributed by atoms with Gasteiger partial charge in [-0.1, -0.05) is 31.3 Å². The van der Waals surface area contributed by atoms with Gasteiger partial charge in [0.2, 0.25) is 0 Å². The van der Waals surface area contributed by atoms with E-state index in [1.54, 1.807) is 6.20 Å². The van der Waals surface area contributed by atoms with Crippen molar-refractivity contribution < 1.29 is 9.47 Å². The Kier molecular flexibility index (Phi) is 5.51. The molecule has 0 atom stereocenters. The lowest BCUT2D eigenvalue weighted by Crippen LogP contribution is -2.12. The molecule has 1 heterocycles. The summed E-state index contributed by atoms with van der Waals surface area (Å²) in [4.78, 5) is 4.39. The summed E-state index contributed by atoms with van der Waals surface area (Å²) in [6.45, 7) is 3.14. The van der Waals surface area contributed by atoms with Gasteiger partial charge in [0.1, 0.15) is 11.6 Å². The zero-order valence-corrected chi connectivity index (χ0v) is 12.7. The largest absolute Gasteiger partial charge is 0.490 e. The van der Waals surface area contributed by atoms with Crippen molar-refractivity contribution in [3.8, 4) is 11.5 Å². The van der Waals surface area contributed by atoms with Crippen LogP contribution in [0.25, 0.3) is 0 Å². The third-order valence-electron chi connectivity index (χ3n) is 2.78. The molecule has 0 saturated heterocycles. The number of hydrogen-bond acceptors (Lipinski definition) is 4. The first kappa shape index (κ1) is 15.3. The Labute approximate surface area is 129 Å². The highest BCUT2D eigenvalue weighted by Crippen LogP contribution is 2.27. The number of pyridine rings is 1. The molecule has 0 aliphatic heterocycles. The molecule has 1 aromatic heterocycles. The SMILES string of the molecule is CCCOc1ccccc1OCc1ccnc(C(N)=S)c1. The van der Waals surface area contributed by atoms with E-state index in [2.05, 4.69) is 11.9 Å². The Hall–Kier alpha value is -2.14. The van der Waals surface area contributed by atoms with E-state index in [1.165, 1.54) is 0 Å². The average Bonchev–Trinajstić information content (AvgIpc) is 2.52. The number of hydrogen-bond donors (Lipinski definition) is 1. The summed E-state index contributed by atoms with van der Waals surface area (Å²) in [6, 6.07) is 11.3. The monoisotopic (exact) mass is 302 g/mol. The molecular formula is C16H18N2O2S. The Morgan fingerprint density at radius 1 is 1.19 bits per heavy atom. The van der Waals surface area contributed by atoms with Gasteiger partial charge in [-0.05, 0) is 36.2 Å². The molecule has 0 bridgehead atoms. The predicted octanol–water partition coefficient (Wildman–Crippen LogP) is 3.08. The lowest BCUT2D eigenvalue weighted by Gasteiger charge is -2.12. The smallest absolute Gasteiger partial charge is 0.161 e. The van der Waals surface area contributed by atoms with Gasteiger partial charge in [-0.25, -0.2) is 0 Å². The standard InChI is InChI=1S/C16H18N2O2S/c1-2-9-19-14-5-3-4-6-15(14)20-11-12-7-8-18-13(10-12)16(17)21/h3-8,10H,2,9,11H2,1H3,(H2,17,21). The van der Waals surface area contributed by atoms with Gasteiger partial charge < -0.3 is 15.2 Å². The van der Waals surface area contributed by atoms with Crippen molar-refractivity contribution in [2.45, 2.75) is 20.0 Å². The van der Waals surface area contributed by atoms with Crippen LogP contribution in [-0.4, -0.2) is 16.6 Å². The predicted molar refractivity (Wildman–Crippen MR) is 86.7 cm³/mol. The molecule has 5 heteroatoms. The van der Waals surface area contributed by atoms with Crippen LogP contribution < -0.4 is 15.2 Å². The van der Waals surface area contributed by atoms with E-state index in [1.807, 2.05) is 36.4 Å². The fourth-order valence-corrected chi connectivity index (χ4v) is 1.87. The van der Waals surface area contributed by atoms with Gasteiger partial charge >= 0.3 is 0 Å². The van der Waals surface area contributed by atoms with E-state index < -0.39 is 0 Å². The molecule has 0 unspecified atom stereocenters. The molecule has 2 aromatic rings. The van der Waals surface area contributed by atoms with Gasteiger partial charge in [0.25, 0.3) is 0 Å². The topological polar surface area (TPSA) is 57.4 Å². The summed E-state index contributed by atoms with van der Waals surface area (Å²) in [5, 5.41) is 0. The number of nitrogens with zero attached hydrogens (tertiary/aromatic N) is 1. The van der Waals surface area contributed by atoms with E-state index in [0.717, 1.165) is 23.5 Å². The van der Waals surface area contributed by atoms with Crippen LogP contribution in [0.15, 0.2) is 42.6 Å². The van der Waals surface area contributed by atoms with Crippen LogP contribution in [0.3, 0.4) is 0 Å². The number of ether oxygens (including phenoxy) is 2. The zero-order valence-electron chi connectivity index (χ0n) is 11.9. The first-order valence-electron chi connectivity index (χ1n) is 6.80. The van der Waals surface area contributed by atoms with Crippen molar-refractivity contribution in [2.75, 3.05) is 6.61 Å². The van der Waals surface area contributed by atoms with Gasteiger partial charge in [-0.3, -0.25) is 4.98 Å². The summed E-state index contributed by atoms with van der Waals surface area (Å²) in [5.41, 5.74) is 7.13. The van der Waals surface area contributed by atoms with E-state index in [4.69, 9.17) is 27.4 Å². The minimum Gasteiger partial charge on any atom is -0.490 e. The second kappa shape index (κ2) is 7.59. The molecule has 2 N–H and O–H groups in total. The number of nitrogens with two attached hydrogens (primary N) is 1. The van der Waals surface area contributed by atoms with Gasteiger partial charge in [-0.15, -0.1) is 0 Å². The van der Waals surface area contributed by atoms with Crippen LogP contribution in [0.1, 0.15) is 24.6 Å². The van der Waals surface area contributed by atoms with Crippen LogP contribution in [0, 0.1) is 0 Å². The molecular weight excluding hydrogens is 284 g/mol. The summed E-state index contributed by atoms with van der Waals surface area (Å²) in [6.07, 6.45) is 2.63. The Bertz CT molecular complexity index is 617. The maximum absolute atomic E-state index is 5.82. The van der Waals surface area contributed by atoms with Crippen LogP contribution in [0.5, 0.6) is 11.5 Å². The average molecular weight is 302 g/mol. The minimum atomic E-state index is 0.281. The number of para-hydroxylation sites is 2. The quantitative estimate of drug-likeness (QED) is 0.797. The second-order valence-corrected chi connectivity index (χ2v) is 4.94. The number of aromatic nitrogens is 1. The van der Waals surface area contributed by atoms with Gasteiger partial charge in [-0.2, -0.15) is 0 Å². The fourth-order valence-electron chi connectivity index (χ4n) is 1.76. The van der Waals surface area contributed by atoms with Gasteiger partial charge in [0, 0.05) is 6.20 Å². The normalized spacial score (nSPS) is 10.1. The first-order chi connectivity index (χ1) is 10.2. The third kappa shape index (κ3) is 4.43. The molecule has 0 aliphatic carbocycles. The minimum absolute atomic E-state index is 0.281. The van der Waals surface area contributed by atoms with Crippen molar-refractivity contribution in [3.05, 3.63) is 53.9 Å². The lowest BCUT2D eigenvalue weighted by atomic mass is 10.2. The summed E-state index contributed by atoms with van der Waals surface area (Å²) >= 11 is 4.92. The molecule has 0 fully saturated rings. The number of rotatable bonds is 7. The lowest BCUT2D eigenvalue weighted by molar-refractivity contribution is 0.262. The third-order valence-corrected chi connectivity index (χ3v) is 2.99. The van der Waals surface area contributed by atoms with Crippen molar-refractivity contribution in [1.29, 1.82) is 0 Å². The number of thiocarbonyl (C=S) groups is 1. The van der Waals surface area contributed by atoms with Crippen LogP contribution in [0.4, 0.5) is 0 Å². The molecule has 4 nitrogen and oxygen atoms in total. The molecule has 0 radical (unpaired) electrons. The van der Waals surface area contributed by atoms with Crippen LogP contribution >= 0.6 is 12.2 Å². The Morgan fingerprint density at radius 2 is 1.90 bits per heavy atom. The van der Waals surface area contributed by atoms with E-state index >= 15 is 0 Å². The second-order valence-electron chi connectivity index (χ2n) is 4.50. The Balaban J connectivity index is 2.06. The van der Waals surface area contributed by atoms with E-state index in [-0.39, 0.29) is 4.99 Å². The highest BCUT2D eigenvalue weighted by Gasteiger charge is 2.05. The summed E-state index contributed by atoms with van der Waals surface area (Å²) < 4.78 is 11.5. The zero-order chi connectivity index (χ0) is 15.1.